The van der Waals surface area contributed by atoms with Crippen LogP contribution in [0.3, 0.4) is 0 Å². The van der Waals surface area contributed by atoms with Crippen LogP contribution in [0.2, 0.25) is 0 Å². The Morgan fingerprint density at radius 1 is 1.18 bits per heavy atom. The van der Waals surface area contributed by atoms with E-state index in [4.69, 9.17) is 14.5 Å². The molecule has 0 bridgehead atoms. The van der Waals surface area contributed by atoms with Crippen LogP contribution in [0.25, 0.3) is 11.1 Å². The Hall–Kier alpha value is -4.20. The molecule has 0 amide bonds. The molecule has 1 aromatic carbocycles. The zero-order valence-electron chi connectivity index (χ0n) is 26.2. The largest absolute Gasteiger partial charge is 0.496 e. The van der Waals surface area contributed by atoms with Crippen molar-refractivity contribution in [2.24, 2.45) is 4.99 Å². The van der Waals surface area contributed by atoms with Gasteiger partial charge in [-0.05, 0) is 82.2 Å². The van der Waals surface area contributed by atoms with Crippen molar-refractivity contribution in [3.8, 4) is 16.8 Å². The predicted octanol–water partition coefficient (Wildman–Crippen LogP) is 5.81. The number of thiophene rings is 1. The van der Waals surface area contributed by atoms with Gasteiger partial charge in [-0.1, -0.05) is 42.9 Å². The minimum Gasteiger partial charge on any atom is -0.496 e. The molecule has 0 saturated carbocycles. The van der Waals surface area contributed by atoms with Gasteiger partial charge in [-0.25, -0.2) is 9.79 Å². The van der Waals surface area contributed by atoms with Crippen LogP contribution in [0.5, 0.6) is 5.75 Å². The van der Waals surface area contributed by atoms with Crippen LogP contribution in [-0.2, 0) is 22.4 Å². The number of carbonyl (C=O) groups is 1. The molecule has 0 N–H and O–H groups in total. The number of thiazole rings is 1. The Bertz CT molecular complexity index is 2070. The van der Waals surface area contributed by atoms with E-state index in [1.54, 1.807) is 29.9 Å². The molecule has 0 fully saturated rings. The molecule has 1 aliphatic carbocycles. The summed E-state index contributed by atoms with van der Waals surface area (Å²) in [5.41, 5.74) is 6.30. The van der Waals surface area contributed by atoms with Gasteiger partial charge in [0.1, 0.15) is 22.9 Å². The van der Waals surface area contributed by atoms with Crippen LogP contribution in [-0.4, -0.2) is 28.8 Å². The highest BCUT2D eigenvalue weighted by Gasteiger charge is 2.36. The lowest BCUT2D eigenvalue weighted by Crippen LogP contribution is -2.40. The summed E-state index contributed by atoms with van der Waals surface area (Å²) in [6.45, 7) is 8.09. The topological polar surface area (TPSA) is 98.6 Å². The minimum atomic E-state index is -0.747. The summed E-state index contributed by atoms with van der Waals surface area (Å²) in [5, 5.41) is 11.1. The van der Waals surface area contributed by atoms with E-state index < -0.39 is 12.0 Å². The van der Waals surface area contributed by atoms with Gasteiger partial charge in [0.2, 0.25) is 0 Å². The second kappa shape index (κ2) is 12.7. The van der Waals surface area contributed by atoms with Crippen molar-refractivity contribution in [1.82, 2.24) is 9.13 Å². The van der Waals surface area contributed by atoms with Crippen LogP contribution in [0.4, 0.5) is 0 Å². The van der Waals surface area contributed by atoms with Crippen LogP contribution in [0.15, 0.2) is 51.4 Å². The Labute approximate surface area is 270 Å². The third kappa shape index (κ3) is 5.28. The average molecular weight is 641 g/mol. The quantitative estimate of drug-likeness (QED) is 0.227. The van der Waals surface area contributed by atoms with Gasteiger partial charge in [0.15, 0.2) is 4.80 Å². The van der Waals surface area contributed by atoms with Crippen molar-refractivity contribution in [3.05, 3.63) is 99.8 Å². The number of hydrogen-bond acceptors (Lipinski definition) is 8. The molecule has 0 radical (unpaired) electrons. The Morgan fingerprint density at radius 3 is 2.69 bits per heavy atom. The number of fused-ring (bicyclic) bond motifs is 2. The standard InChI is InChI=1S/C35H36N4O4S2/c1-6-12-26-30(34(41)43-7-2)31(24-14-8-10-15-27(24)42-5)39-32(40)29(45-35(39)37-26)18-22-17-20(3)38(21(22)4)33-25(19-36)23-13-9-11-16-28(23)44-33/h8,10,14-15,17-18,31H,6-7,9,11-13,16H2,1-5H3/b29-18+/t31-/m0/s1. The summed E-state index contributed by atoms with van der Waals surface area (Å²) < 4.78 is 15.5. The van der Waals surface area contributed by atoms with Crippen LogP contribution >= 0.6 is 22.7 Å². The van der Waals surface area contributed by atoms with Crippen LogP contribution in [0.1, 0.15) is 84.1 Å². The highest BCUT2D eigenvalue weighted by molar-refractivity contribution is 7.15. The maximum absolute atomic E-state index is 14.3. The second-order valence-corrected chi connectivity index (χ2v) is 13.4. The number of rotatable bonds is 8. The lowest BCUT2D eigenvalue weighted by Gasteiger charge is -2.26. The first-order valence-corrected chi connectivity index (χ1v) is 17.0. The zero-order chi connectivity index (χ0) is 31.8. The van der Waals surface area contributed by atoms with Gasteiger partial charge in [0.25, 0.3) is 5.56 Å². The van der Waals surface area contributed by atoms with E-state index in [0.717, 1.165) is 59.6 Å². The monoisotopic (exact) mass is 640 g/mol. The molecule has 6 rings (SSSR count). The number of esters is 1. The summed E-state index contributed by atoms with van der Waals surface area (Å²) in [6, 6.07) is 11.3. The van der Waals surface area contributed by atoms with E-state index in [1.165, 1.54) is 21.8 Å². The fourth-order valence-corrected chi connectivity index (χ4v) is 8.98. The molecule has 0 saturated heterocycles. The van der Waals surface area contributed by atoms with Crippen molar-refractivity contribution in [2.45, 2.75) is 72.3 Å². The number of allylic oxidation sites excluding steroid dienone is 1. The Balaban J connectivity index is 1.55. The smallest absolute Gasteiger partial charge is 0.338 e. The van der Waals surface area contributed by atoms with Crippen molar-refractivity contribution in [3.63, 3.8) is 0 Å². The highest BCUT2D eigenvalue weighted by atomic mass is 32.1. The molecule has 4 aromatic rings. The third-order valence-electron chi connectivity index (χ3n) is 8.55. The van der Waals surface area contributed by atoms with Gasteiger partial charge < -0.3 is 14.0 Å². The van der Waals surface area contributed by atoms with E-state index in [9.17, 15) is 14.9 Å². The number of ether oxygens (including phenoxy) is 2. The van der Waals surface area contributed by atoms with Crippen molar-refractivity contribution < 1.29 is 14.3 Å². The third-order valence-corrected chi connectivity index (χ3v) is 10.8. The van der Waals surface area contributed by atoms with E-state index >= 15 is 0 Å². The second-order valence-electron chi connectivity index (χ2n) is 11.3. The van der Waals surface area contributed by atoms with Gasteiger partial charge in [0.05, 0.1) is 35.1 Å². The fraction of sp³-hybridized carbons (Fsp3) is 0.371. The van der Waals surface area contributed by atoms with Gasteiger partial charge in [-0.2, -0.15) is 5.26 Å². The van der Waals surface area contributed by atoms with E-state index in [-0.39, 0.29) is 12.2 Å². The summed E-state index contributed by atoms with van der Waals surface area (Å²) in [6.07, 6.45) is 7.49. The molecule has 10 heteroatoms. The maximum Gasteiger partial charge on any atom is 0.338 e. The SMILES string of the molecule is CCCC1=C(C(=O)OCC)[C@H](c2ccccc2OC)n2c(s/c(=C/c3cc(C)n(-c4sc5c(c4C#N)CCCC5)c3C)c2=O)=N1. The number of hydrogen-bond donors (Lipinski definition) is 0. The predicted molar refractivity (Wildman–Crippen MR) is 177 cm³/mol. The maximum atomic E-state index is 14.3. The van der Waals surface area contributed by atoms with E-state index in [0.29, 0.717) is 38.3 Å². The summed E-state index contributed by atoms with van der Waals surface area (Å²) >= 11 is 3.03. The molecule has 45 heavy (non-hydrogen) atoms. The molecule has 1 aliphatic heterocycles. The number of methoxy groups -OCH3 is 1. The van der Waals surface area contributed by atoms with Crippen LogP contribution in [0, 0.1) is 25.2 Å². The number of aryl methyl sites for hydroxylation is 2. The van der Waals surface area contributed by atoms with Gasteiger partial charge in [-0.3, -0.25) is 9.36 Å². The molecule has 2 aliphatic rings. The first kappa shape index (κ1) is 30.8. The summed E-state index contributed by atoms with van der Waals surface area (Å²) in [5.74, 6) is 0.0949. The van der Waals surface area contributed by atoms with Crippen molar-refractivity contribution in [1.29, 1.82) is 5.26 Å². The van der Waals surface area contributed by atoms with Crippen molar-refractivity contribution in [2.75, 3.05) is 13.7 Å². The van der Waals surface area contributed by atoms with Gasteiger partial charge in [0, 0.05) is 21.8 Å². The number of aromatic nitrogens is 2. The highest BCUT2D eigenvalue weighted by Crippen LogP contribution is 2.39. The van der Waals surface area contributed by atoms with Crippen LogP contribution < -0.4 is 19.6 Å². The molecular formula is C35H36N4O4S2. The molecule has 4 heterocycles. The molecular weight excluding hydrogens is 605 g/mol. The molecule has 0 spiro atoms. The first-order valence-electron chi connectivity index (χ1n) is 15.4. The number of nitrogens with zero attached hydrogens (tertiary/aromatic N) is 4. The van der Waals surface area contributed by atoms with Gasteiger partial charge >= 0.3 is 5.97 Å². The summed E-state index contributed by atoms with van der Waals surface area (Å²) in [4.78, 5) is 34.6. The first-order chi connectivity index (χ1) is 21.8. The Kier molecular flexibility index (Phi) is 8.67. The lowest BCUT2D eigenvalue weighted by molar-refractivity contribution is -0.139. The number of benzene rings is 1. The molecule has 3 aromatic heterocycles. The number of nitriles is 1. The van der Waals surface area contributed by atoms with Crippen molar-refractivity contribution >= 4 is 34.7 Å². The zero-order valence-corrected chi connectivity index (χ0v) is 27.9. The molecule has 0 unspecified atom stereocenters. The minimum absolute atomic E-state index is 0.209. The molecule has 232 valence electrons. The lowest BCUT2D eigenvalue weighted by atomic mass is 9.93. The van der Waals surface area contributed by atoms with E-state index in [2.05, 4.69) is 16.7 Å². The van der Waals surface area contributed by atoms with Gasteiger partial charge in [-0.15, -0.1) is 11.3 Å². The molecule has 1 atom stereocenters. The summed E-state index contributed by atoms with van der Waals surface area (Å²) in [7, 11) is 1.58. The Morgan fingerprint density at radius 2 is 1.96 bits per heavy atom. The fourth-order valence-electron chi connectivity index (χ4n) is 6.52. The molecule has 8 nitrogen and oxygen atoms in total. The normalized spacial score (nSPS) is 16.2. The van der Waals surface area contributed by atoms with E-state index in [1.807, 2.05) is 51.1 Å². The average Bonchev–Trinajstić information content (AvgIpc) is 3.65. The number of carbonyl (C=O) groups excluding carboxylic acids is 1. The number of para-hydroxylation sites is 1.